The summed E-state index contributed by atoms with van der Waals surface area (Å²) < 4.78 is 17.8. The Balaban J connectivity index is -0.000000701. The first-order chi connectivity index (χ1) is 51.8. The number of nitrogens with zero attached hydrogens (tertiary/aromatic N) is 7. The zero-order valence-electron chi connectivity index (χ0n) is 61.9. The second kappa shape index (κ2) is 57.9. The van der Waals surface area contributed by atoms with E-state index in [9.17, 15) is 62.3 Å². The van der Waals surface area contributed by atoms with E-state index in [-0.39, 0.29) is 155 Å². The number of aromatic carboxylic acids is 2. The van der Waals surface area contributed by atoms with Gasteiger partial charge in [0.2, 0.25) is 0 Å². The van der Waals surface area contributed by atoms with Gasteiger partial charge in [0.15, 0.2) is 6.29 Å². The number of nitrogens with two attached hydrogens (primary N) is 3. The maximum atomic E-state index is 13.2. The van der Waals surface area contributed by atoms with Crippen molar-refractivity contribution >= 4 is 237 Å². The zero-order valence-corrected chi connectivity index (χ0v) is 115. The monoisotopic (exact) mass is 3330 g/mol. The van der Waals surface area contributed by atoms with Crippen LogP contribution in [0.1, 0.15) is 110 Å². The van der Waals surface area contributed by atoms with Crippen LogP contribution in [0.5, 0.6) is 0 Å². The van der Waals surface area contributed by atoms with E-state index < -0.39 is 203 Å². The number of aromatic nitrogens is 8. The van der Waals surface area contributed by atoms with Crippen molar-refractivity contribution in [1.29, 1.82) is 10.8 Å². The number of anilines is 6. The number of hydrogen-bond acceptors (Lipinski definition) is 18. The van der Waals surface area contributed by atoms with Gasteiger partial charge in [0.25, 0.3) is 17.7 Å². The Bertz CT molecular complexity index is 4810. The Morgan fingerprint density at radius 1 is 0.500 bits per heavy atom. The van der Waals surface area contributed by atoms with E-state index in [0.29, 0.717) is 96.0 Å². The van der Waals surface area contributed by atoms with Crippen LogP contribution in [-0.2, 0) is 232 Å². The molecule has 0 saturated heterocycles. The minimum atomic E-state index is -2.18. The topological polar surface area (TPSA) is 588 Å². The Labute approximate surface area is 836 Å². The second-order valence-corrected chi connectivity index (χ2v) is 66.0. The first-order valence-corrected chi connectivity index (χ1v) is 98.8. The number of amidine groups is 2. The third-order valence-electron chi connectivity index (χ3n) is 15.2. The van der Waals surface area contributed by atoms with Gasteiger partial charge in [-0.05, 0) is 41.4 Å². The average Bonchev–Trinajstić information content (AvgIpc) is 1.64. The van der Waals surface area contributed by atoms with Gasteiger partial charge in [-0.1, -0.05) is 0 Å². The summed E-state index contributed by atoms with van der Waals surface area (Å²) in [5.41, 5.74) is 22.2. The van der Waals surface area contributed by atoms with E-state index >= 15 is 0 Å². The summed E-state index contributed by atoms with van der Waals surface area (Å²) in [5, 5.41) is 47.9. The van der Waals surface area contributed by atoms with E-state index in [0.717, 1.165) is 18.8 Å². The van der Waals surface area contributed by atoms with E-state index in [4.69, 9.17) is 108 Å². The molecule has 56 heteroatoms. The summed E-state index contributed by atoms with van der Waals surface area (Å²) in [6, 6.07) is 7.50. The third kappa shape index (κ3) is 34.1. The Kier molecular flexibility index (Phi) is 58.3. The van der Waals surface area contributed by atoms with Crippen molar-refractivity contribution in [3.63, 3.8) is 0 Å². The number of carboxylic acids is 2. The fourth-order valence-electron chi connectivity index (χ4n) is 10.1. The van der Waals surface area contributed by atoms with Gasteiger partial charge in [0, 0.05) is 118 Å². The van der Waals surface area contributed by atoms with Gasteiger partial charge >= 0.3 is 518 Å². The molecule has 0 spiro atoms. The molecule has 0 aliphatic heterocycles. The summed E-state index contributed by atoms with van der Waals surface area (Å²) in [5.74, 6) is -3.80. The number of nitrogens with one attached hydrogen (secondary N) is 10. The molecule has 0 bridgehead atoms. The van der Waals surface area contributed by atoms with Gasteiger partial charge in [0.1, 0.15) is 17.1 Å². The second-order valence-electron chi connectivity index (χ2n) is 22.5. The van der Waals surface area contributed by atoms with Gasteiger partial charge < -0.3 is 64.0 Å². The number of rotatable bonds is 30. The SMILES string of the molecule is Cn1[c]([Hg][Cl])[c]([Hg][Cl])[c]([Hg][Cl])c1C(=O)O.Cn1[c]([Hg][Cl])c(NC=O)[c]([Hg][Cl])c1C(=O)Cl.Cn1cc(NC(=O)c2cc(N)cn2C)cc1C(=O)NCCC(=N)N.Cn1cc(NC(=O)c2cc(NC(=O)c3[c]([Hg][Cl])c(NC=O)[c]([Hg][Cl])n3C)cn2C)cc1C(=O)NCCC(=N)N.N.O=C(Cl)C(=O)Cl.O=Cc1c[nH]c(C(=O)O)c1.[Ac].[HH].[HH].[Na+].[OH-]. The van der Waals surface area contributed by atoms with Crippen LogP contribution in [0.4, 0.5) is 34.1 Å². The quantitative estimate of drug-likeness (QED) is 0.00720. The predicted octanol–water partition coefficient (Wildman–Crippen LogP) is 0.336. The number of aryl methyl sites for hydroxylation is 4. The predicted molar refractivity (Wildman–Crippen MR) is 405 cm³/mol. The molecular weight excluding hydrogens is 3260 g/mol. The Hall–Kier alpha value is -1.30. The summed E-state index contributed by atoms with van der Waals surface area (Å²) in [6.45, 7) is 0.506. The first-order valence-electron chi connectivity index (χ1n) is 31.0. The molecule has 0 aliphatic carbocycles. The van der Waals surface area contributed by atoms with E-state index in [1.807, 2.05) is 0 Å². The fourth-order valence-corrected chi connectivity index (χ4v) is 102. The van der Waals surface area contributed by atoms with Crippen molar-refractivity contribution < 1.29 is 318 Å². The van der Waals surface area contributed by atoms with E-state index in [1.165, 1.54) is 24.4 Å². The molecule has 8 aromatic rings. The molecule has 114 heavy (non-hydrogen) atoms. The van der Waals surface area contributed by atoms with Crippen LogP contribution in [0.3, 0.4) is 0 Å². The van der Waals surface area contributed by atoms with Crippen LogP contribution in [0.25, 0.3) is 0 Å². The van der Waals surface area contributed by atoms with Gasteiger partial charge in [0.05, 0.1) is 23.0 Å². The number of aldehydes is 1. The molecule has 7 amide bonds. The van der Waals surface area contributed by atoms with E-state index in [1.54, 1.807) is 118 Å². The van der Waals surface area contributed by atoms with E-state index in [2.05, 4.69) is 65.4 Å². The molecule has 1 radical (unpaired) electrons. The van der Waals surface area contributed by atoms with Crippen LogP contribution in [-0.4, -0.2) is 154 Å². The molecule has 0 atom stereocenters. The molecule has 8 heterocycles. The zero-order chi connectivity index (χ0) is 83.3. The molecule has 0 aromatic carbocycles. The summed E-state index contributed by atoms with van der Waals surface area (Å²) in [4.78, 5) is 149. The van der Waals surface area contributed by atoms with Crippen molar-refractivity contribution in [3.05, 3.63) is 112 Å². The van der Waals surface area contributed by atoms with Crippen LogP contribution in [0.2, 0.25) is 0 Å². The number of nitrogen functional groups attached to an aromatic ring is 1. The number of amides is 7. The van der Waals surface area contributed by atoms with Crippen molar-refractivity contribution in [3.8, 4) is 0 Å². The van der Waals surface area contributed by atoms with Crippen LogP contribution >= 0.6 is 92.5 Å². The number of H-pyrrole nitrogens is 1. The van der Waals surface area contributed by atoms with Crippen molar-refractivity contribution in [1.82, 2.24) is 53.7 Å². The van der Waals surface area contributed by atoms with Crippen LogP contribution in [0, 0.1) is 54.9 Å². The summed E-state index contributed by atoms with van der Waals surface area (Å²) in [6.07, 6.45) is 10.1. The molecular formula is C58H68AcCl10Hg7N21NaO16. The number of carboxylic acid groups (broad SMARTS) is 2. The molecule has 37 nitrogen and oxygen atoms in total. The van der Waals surface area contributed by atoms with Crippen molar-refractivity contribution in [2.75, 3.05) is 45.4 Å². The molecule has 22 N–H and O–H groups in total. The molecule has 8 rings (SSSR count). The number of carbonyl (C=O) groups excluding carboxylic acids is 11. The van der Waals surface area contributed by atoms with Crippen LogP contribution < -0.4 is 112 Å². The normalized spacial score (nSPS) is 9.41. The molecule has 0 fully saturated rings. The van der Waals surface area contributed by atoms with Crippen LogP contribution in [0.15, 0.2) is 61.3 Å². The smallest absolute Gasteiger partial charge is 0.870 e. The minimum absolute atomic E-state index is 0. The minimum Gasteiger partial charge on any atom is -0.870 e. The Morgan fingerprint density at radius 2 is 0.851 bits per heavy atom. The van der Waals surface area contributed by atoms with Gasteiger partial charge in [-0.25, -0.2) is 4.79 Å². The fraction of sp³-hybridized carbons (Fsp3) is 0.190. The molecule has 0 aliphatic rings. The van der Waals surface area contributed by atoms with Gasteiger partial charge in [-0.2, -0.15) is 0 Å². The van der Waals surface area contributed by atoms with Crippen molar-refractivity contribution in [2.24, 2.45) is 60.8 Å². The molecule has 0 unspecified atom stereocenters. The molecule has 0 saturated carbocycles. The molecule has 589 valence electrons. The van der Waals surface area contributed by atoms with Gasteiger partial charge in [-0.3, -0.25) is 39.6 Å². The number of carbonyl (C=O) groups is 13. The standard InChI is InChI=1S/C22H25N9O4.C15H21N7O2.C7H5ClN2O2.C6H5NO3.C6H4NO2.C2Cl2O2.Ac.7ClH.7Hg.H3N.Na.H2O.2H2/c1-29-9-13(26-12-32)6-17(29)21(34)28-15-8-18(31(3)11-15)22(35)27-14-7-16(30(2)10-14)20(33)25-5-4-19(23)24;1-21-7-9(16)5-11(21)15(24)20-10-6-12(22(2)8-10)14(23)19-4-3-13(17)18;1-10-3-5(9-4-11)2-6(10)7(8)12;8-3-4-1-5(6(9)10)7-2-4;1-7-4-2-3-5(7)6(8)9;3-1(5)2(4)6;;;;;;;;;;;;;;;;;;;;/h7-8,10-12H,4-5H2,1-3H3,(H3,23,24)(H,25,33)(H,26,32)(H,27,35)(H,28,34);5-8H,3-4,16H2,1-2H3,(H3,17,18)(H,19,23)(H,20,24);4H,1H3,(H,9,11);1-3,7H,(H,9,10);1H3,(H,8,9);;;7*1H;;;;;;;;1H3;;1H2;2*1H/q;;;;;;;;;;;;;;7*+1;;+1;;;/p-8. The average molecular weight is 3320 g/mol. The number of hydrogen-bond donors (Lipinski definition) is 16. The summed E-state index contributed by atoms with van der Waals surface area (Å²) >= 11 is 1.64. The third-order valence-corrected chi connectivity index (χ3v) is 75.6. The molecule has 8 aromatic heterocycles. The van der Waals surface area contributed by atoms with Crippen molar-refractivity contribution in [2.45, 2.75) is 12.8 Å². The first kappa shape index (κ1) is 115. The Morgan fingerprint density at radius 3 is 1.15 bits per heavy atom. The number of halogens is 10. The summed E-state index contributed by atoms with van der Waals surface area (Å²) in [7, 11) is 54.7. The number of aromatic amines is 1. The maximum absolute atomic E-state index is 13.2. The van der Waals surface area contributed by atoms with Gasteiger partial charge in [-0.15, -0.1) is 0 Å².